The predicted octanol–water partition coefficient (Wildman–Crippen LogP) is 2.87. The fourth-order valence-electron chi connectivity index (χ4n) is 0.466. The molecule has 0 aliphatic carbocycles. The van der Waals surface area contributed by atoms with E-state index in [0.717, 1.165) is 0 Å². The van der Waals surface area contributed by atoms with Gasteiger partial charge in [-0.2, -0.15) is 0 Å². The molecule has 5 heteroatoms. The van der Waals surface area contributed by atoms with Crippen LogP contribution in [0.4, 0.5) is 5.69 Å². The quantitative estimate of drug-likeness (QED) is 0.449. The summed E-state index contributed by atoms with van der Waals surface area (Å²) in [4.78, 5) is 6.50. The van der Waals surface area contributed by atoms with Gasteiger partial charge < -0.3 is 0 Å². The molecule has 0 N–H and O–H groups in total. The molecule has 0 amide bonds. The monoisotopic (exact) mass is 174 g/mol. The van der Waals surface area contributed by atoms with Gasteiger partial charge in [-0.1, -0.05) is 23.2 Å². The highest BCUT2D eigenvalue weighted by atomic mass is 35.5. The zero-order valence-electron chi connectivity index (χ0n) is 4.75. The first-order chi connectivity index (χ1) is 4.74. The number of rotatable bonds is 0. The maximum atomic E-state index is 8.24. The van der Waals surface area contributed by atoms with E-state index in [1.54, 1.807) is 0 Å². The highest BCUT2D eigenvalue weighted by Crippen LogP contribution is 2.23. The van der Waals surface area contributed by atoms with Crippen LogP contribution >= 0.6 is 23.2 Å². The number of nitrogens with zero attached hydrogens (tertiary/aromatic N) is 3. The molecule has 0 aliphatic heterocycles. The fraction of sp³-hybridized carbons (Fsp3) is 0. The summed E-state index contributed by atoms with van der Waals surface area (Å²) in [6.07, 6.45) is 1.31. The lowest BCUT2D eigenvalue weighted by molar-refractivity contribution is 1.32. The zero-order valence-corrected chi connectivity index (χ0v) is 6.26. The maximum absolute atomic E-state index is 8.24. The van der Waals surface area contributed by atoms with Crippen molar-refractivity contribution in [2.75, 3.05) is 0 Å². The Morgan fingerprint density at radius 2 is 2.20 bits per heavy atom. The first-order valence-corrected chi connectivity index (χ1v) is 3.16. The molecule has 0 unspecified atom stereocenters. The molecule has 1 heterocycles. The summed E-state index contributed by atoms with van der Waals surface area (Å²) in [5.74, 6) is 0. The Kier molecular flexibility index (Phi) is 2.05. The van der Waals surface area contributed by atoms with Gasteiger partial charge in [0.1, 0.15) is 11.3 Å². The molecule has 0 saturated heterocycles. The first kappa shape index (κ1) is 7.26. The molecule has 50 valence electrons. The lowest BCUT2D eigenvalue weighted by Crippen LogP contribution is -1.73. The first-order valence-electron chi connectivity index (χ1n) is 2.40. The van der Waals surface area contributed by atoms with Gasteiger partial charge in [-0.3, -0.25) is 0 Å². The van der Waals surface area contributed by atoms with E-state index >= 15 is 0 Å². The average Bonchev–Trinajstić information content (AvgIpc) is 1.95. The third kappa shape index (κ3) is 1.35. The number of hydrogen-bond acceptors (Lipinski definition) is 2. The van der Waals surface area contributed by atoms with E-state index in [9.17, 15) is 0 Å². The molecule has 0 aromatic carbocycles. The molecule has 0 atom stereocenters. The van der Waals surface area contributed by atoms with E-state index in [0.29, 0.717) is 0 Å². The van der Waals surface area contributed by atoms with E-state index in [-0.39, 0.29) is 15.9 Å². The molecule has 0 saturated carbocycles. The SMILES string of the molecule is N#[N+]c1cnc(Cl)c(Cl)c1. The van der Waals surface area contributed by atoms with Crippen molar-refractivity contribution < 1.29 is 0 Å². The standard InChI is InChI=1S/C5H2Cl2N3/c6-4-1-3(10-8)2-9-5(4)7/h1-2H/q+1. The van der Waals surface area contributed by atoms with Gasteiger partial charge in [0, 0.05) is 0 Å². The van der Waals surface area contributed by atoms with Crippen molar-refractivity contribution in [1.82, 2.24) is 4.98 Å². The van der Waals surface area contributed by atoms with Crippen molar-refractivity contribution >= 4 is 28.9 Å². The zero-order chi connectivity index (χ0) is 7.56. The van der Waals surface area contributed by atoms with E-state index < -0.39 is 0 Å². The van der Waals surface area contributed by atoms with Crippen molar-refractivity contribution in [1.29, 1.82) is 5.39 Å². The molecule has 0 radical (unpaired) electrons. The van der Waals surface area contributed by atoms with Crippen LogP contribution in [0.2, 0.25) is 10.2 Å². The van der Waals surface area contributed by atoms with Gasteiger partial charge in [-0.15, -0.1) is 0 Å². The molecule has 0 bridgehead atoms. The van der Waals surface area contributed by atoms with Crippen molar-refractivity contribution in [3.63, 3.8) is 0 Å². The average molecular weight is 175 g/mol. The molecule has 0 fully saturated rings. The third-order valence-electron chi connectivity index (χ3n) is 0.897. The van der Waals surface area contributed by atoms with E-state index in [1.165, 1.54) is 12.3 Å². The van der Waals surface area contributed by atoms with Gasteiger partial charge in [-0.05, 0) is 0 Å². The van der Waals surface area contributed by atoms with Gasteiger partial charge in [0.15, 0.2) is 4.98 Å². The minimum Gasteiger partial charge on any atom is -0.235 e. The van der Waals surface area contributed by atoms with Crippen LogP contribution in [0.5, 0.6) is 0 Å². The molecule has 3 nitrogen and oxygen atoms in total. The van der Waals surface area contributed by atoms with Crippen molar-refractivity contribution in [2.24, 2.45) is 0 Å². The Labute approximate surface area is 67.2 Å². The molecule has 0 spiro atoms. The molecule has 0 aliphatic rings. The summed E-state index contributed by atoms with van der Waals surface area (Å²) in [6, 6.07) is 1.41. The van der Waals surface area contributed by atoms with Gasteiger partial charge >= 0.3 is 5.69 Å². The second-order valence-electron chi connectivity index (χ2n) is 1.57. The Morgan fingerprint density at radius 1 is 1.50 bits per heavy atom. The molecule has 1 rings (SSSR count). The van der Waals surface area contributed by atoms with Crippen LogP contribution in [0.15, 0.2) is 12.3 Å². The molecule has 1 aromatic heterocycles. The number of hydrogen-bond donors (Lipinski definition) is 0. The summed E-state index contributed by atoms with van der Waals surface area (Å²) in [5.41, 5.74) is 0.286. The second kappa shape index (κ2) is 2.82. The molecular weight excluding hydrogens is 173 g/mol. The molecular formula is C5H2Cl2N3+. The van der Waals surface area contributed by atoms with Crippen molar-refractivity contribution in [3.05, 3.63) is 27.4 Å². The lowest BCUT2D eigenvalue weighted by Gasteiger charge is -1.86. The van der Waals surface area contributed by atoms with Crippen LogP contribution in [0, 0.1) is 5.39 Å². The van der Waals surface area contributed by atoms with E-state index in [2.05, 4.69) is 9.96 Å². The van der Waals surface area contributed by atoms with Crippen LogP contribution in [-0.4, -0.2) is 4.98 Å². The van der Waals surface area contributed by atoms with Crippen molar-refractivity contribution in [2.45, 2.75) is 0 Å². The van der Waals surface area contributed by atoms with Crippen molar-refractivity contribution in [3.8, 4) is 0 Å². The normalized spacial score (nSPS) is 8.90. The fourth-order valence-corrected chi connectivity index (χ4v) is 0.730. The predicted molar refractivity (Wildman–Crippen MR) is 39.0 cm³/mol. The third-order valence-corrected chi connectivity index (χ3v) is 1.58. The van der Waals surface area contributed by atoms with Crippen LogP contribution in [0.3, 0.4) is 0 Å². The summed E-state index contributed by atoms with van der Waals surface area (Å²) in [5, 5.41) is 8.71. The Balaban J connectivity index is 3.20. The second-order valence-corrected chi connectivity index (χ2v) is 2.33. The summed E-state index contributed by atoms with van der Waals surface area (Å²) in [7, 11) is 0. The van der Waals surface area contributed by atoms with Gasteiger partial charge in [0.25, 0.3) is 0 Å². The Hall–Kier alpha value is -0.850. The molecule has 1 aromatic rings. The lowest BCUT2D eigenvalue weighted by atomic mass is 10.4. The smallest absolute Gasteiger partial charge is 0.235 e. The van der Waals surface area contributed by atoms with Gasteiger partial charge in [0.05, 0.1) is 11.1 Å². The van der Waals surface area contributed by atoms with Gasteiger partial charge in [0.2, 0.25) is 5.39 Å². The minimum absolute atomic E-state index is 0.203. The minimum atomic E-state index is 0.203. The number of diazo groups is 1. The number of pyridine rings is 1. The summed E-state index contributed by atoms with van der Waals surface area (Å²) < 4.78 is 0. The number of aromatic nitrogens is 1. The van der Waals surface area contributed by atoms with Crippen LogP contribution in [0.25, 0.3) is 4.98 Å². The topological polar surface area (TPSA) is 41.0 Å². The van der Waals surface area contributed by atoms with Crippen LogP contribution in [-0.2, 0) is 0 Å². The van der Waals surface area contributed by atoms with Gasteiger partial charge in [-0.25, -0.2) is 4.98 Å². The van der Waals surface area contributed by atoms with E-state index in [4.69, 9.17) is 28.6 Å². The number of halogens is 2. The summed E-state index contributed by atoms with van der Waals surface area (Å²) >= 11 is 11.0. The van der Waals surface area contributed by atoms with Crippen LogP contribution in [0.1, 0.15) is 0 Å². The highest BCUT2D eigenvalue weighted by molar-refractivity contribution is 6.41. The largest absolute Gasteiger partial charge is 0.404 e. The Morgan fingerprint density at radius 3 is 2.70 bits per heavy atom. The van der Waals surface area contributed by atoms with E-state index in [1.807, 2.05) is 0 Å². The Bertz CT molecular complexity index is 291. The molecule has 10 heavy (non-hydrogen) atoms. The summed E-state index contributed by atoms with van der Waals surface area (Å²) in [6.45, 7) is 0. The van der Waals surface area contributed by atoms with Crippen LogP contribution < -0.4 is 0 Å². The maximum Gasteiger partial charge on any atom is 0.404 e. The highest BCUT2D eigenvalue weighted by Gasteiger charge is 2.07.